The number of rotatable bonds is 3. The Morgan fingerprint density at radius 2 is 0.880 bits per heavy atom. The van der Waals surface area contributed by atoms with Crippen LogP contribution < -0.4 is 13.4 Å². The molecule has 0 aromatic heterocycles. The Morgan fingerprint density at radius 3 is 1.24 bits per heavy atom. The van der Waals surface area contributed by atoms with Crippen LogP contribution in [-0.2, 0) is 0 Å². The topological polar surface area (TPSA) is 0 Å². The van der Waals surface area contributed by atoms with Crippen molar-refractivity contribution in [3.8, 4) is 0 Å². The van der Waals surface area contributed by atoms with Gasteiger partial charge in [-0.25, -0.2) is 0 Å². The van der Waals surface area contributed by atoms with E-state index < -0.39 is 13.9 Å². The van der Waals surface area contributed by atoms with Gasteiger partial charge in [0.2, 0.25) is 0 Å². The van der Waals surface area contributed by atoms with E-state index in [9.17, 15) is 0 Å². The van der Waals surface area contributed by atoms with E-state index in [1.807, 2.05) is 0 Å². The molecule has 0 aliphatic heterocycles. The van der Waals surface area contributed by atoms with E-state index in [1.54, 1.807) is 8.92 Å². The molecule has 0 bridgehead atoms. The second kappa shape index (κ2) is 7.20. The second-order valence-electron chi connectivity index (χ2n) is 7.07. The van der Waals surface area contributed by atoms with E-state index in [2.05, 4.69) is 96.1 Å². The molecule has 0 aliphatic carbocycles. The summed E-state index contributed by atoms with van der Waals surface area (Å²) in [5.74, 6) is 0. The van der Waals surface area contributed by atoms with E-state index in [0.29, 0.717) is 0 Å². The van der Waals surface area contributed by atoms with Gasteiger partial charge in [-0.3, -0.25) is 0 Å². The van der Waals surface area contributed by atoms with Crippen molar-refractivity contribution in [1.29, 1.82) is 0 Å². The van der Waals surface area contributed by atoms with Crippen LogP contribution in [0.2, 0.25) is 0 Å². The SMILES string of the molecule is Cc1cc(C)c([Se+](c2ccccc2)c2c(C)cc(C)cc2C)c(C)c1. The molecule has 0 spiro atoms. The molecule has 0 saturated heterocycles. The van der Waals surface area contributed by atoms with Crippen molar-refractivity contribution in [1.82, 2.24) is 0 Å². The molecule has 0 atom stereocenters. The van der Waals surface area contributed by atoms with Crippen LogP contribution in [0.5, 0.6) is 0 Å². The molecule has 1 heteroatoms. The molecule has 0 heterocycles. The first kappa shape index (κ1) is 18.0. The van der Waals surface area contributed by atoms with Gasteiger partial charge in [-0.1, -0.05) is 0 Å². The van der Waals surface area contributed by atoms with Crippen LogP contribution in [-0.4, -0.2) is 13.9 Å². The molecule has 3 aromatic rings. The summed E-state index contributed by atoms with van der Waals surface area (Å²) in [4.78, 5) is 0. The fraction of sp³-hybridized carbons (Fsp3) is 0.250. The van der Waals surface area contributed by atoms with E-state index >= 15 is 0 Å². The summed E-state index contributed by atoms with van der Waals surface area (Å²) >= 11 is -1.33. The fourth-order valence-electron chi connectivity index (χ4n) is 3.87. The molecule has 0 nitrogen and oxygen atoms in total. The fourth-order valence-corrected chi connectivity index (χ4v) is 9.39. The standard InChI is InChI=1S/C24H27Se/c1-16-12-18(3)23(19(4)13-16)25(22-10-8-7-9-11-22)24-20(5)14-17(2)15-21(24)6/h7-15H,1-6H3/q+1. The van der Waals surface area contributed by atoms with E-state index in [4.69, 9.17) is 0 Å². The Bertz CT molecular complexity index is 803. The third-order valence-corrected chi connectivity index (χ3v) is 10.6. The Hall–Kier alpha value is -1.82. The van der Waals surface area contributed by atoms with Crippen molar-refractivity contribution in [2.75, 3.05) is 0 Å². The molecule has 128 valence electrons. The van der Waals surface area contributed by atoms with Crippen LogP contribution in [0, 0.1) is 41.5 Å². The minimum atomic E-state index is -1.33. The van der Waals surface area contributed by atoms with Crippen molar-refractivity contribution in [3.63, 3.8) is 0 Å². The number of aryl methyl sites for hydroxylation is 6. The average molecular weight is 394 g/mol. The maximum absolute atomic E-state index is 2.35. The van der Waals surface area contributed by atoms with Gasteiger partial charge in [0.25, 0.3) is 0 Å². The van der Waals surface area contributed by atoms with Crippen LogP contribution >= 0.6 is 0 Å². The molecular weight excluding hydrogens is 367 g/mol. The number of hydrogen-bond acceptors (Lipinski definition) is 0. The van der Waals surface area contributed by atoms with Gasteiger partial charge in [-0.15, -0.1) is 0 Å². The van der Waals surface area contributed by atoms with Gasteiger partial charge >= 0.3 is 157 Å². The molecule has 0 saturated carbocycles. The van der Waals surface area contributed by atoms with Crippen LogP contribution in [0.4, 0.5) is 0 Å². The van der Waals surface area contributed by atoms with Gasteiger partial charge < -0.3 is 0 Å². The van der Waals surface area contributed by atoms with Gasteiger partial charge in [0.15, 0.2) is 0 Å². The van der Waals surface area contributed by atoms with Crippen LogP contribution in [0.3, 0.4) is 0 Å². The zero-order valence-electron chi connectivity index (χ0n) is 16.1. The molecule has 0 N–H and O–H groups in total. The van der Waals surface area contributed by atoms with E-state index in [1.165, 1.54) is 37.8 Å². The quantitative estimate of drug-likeness (QED) is 0.588. The molecule has 25 heavy (non-hydrogen) atoms. The predicted octanol–water partition coefficient (Wildman–Crippen LogP) is 4.05. The molecule has 0 unspecified atom stereocenters. The van der Waals surface area contributed by atoms with Crippen molar-refractivity contribution in [2.24, 2.45) is 0 Å². The minimum absolute atomic E-state index is 1.33. The van der Waals surface area contributed by atoms with Gasteiger partial charge in [0, 0.05) is 0 Å². The number of hydrogen-bond donors (Lipinski definition) is 0. The predicted molar refractivity (Wildman–Crippen MR) is 112 cm³/mol. The van der Waals surface area contributed by atoms with Crippen LogP contribution in [0.1, 0.15) is 33.4 Å². The van der Waals surface area contributed by atoms with Crippen molar-refractivity contribution in [3.05, 3.63) is 88.0 Å². The molecule has 0 amide bonds. The zero-order chi connectivity index (χ0) is 18.1. The molecule has 3 rings (SSSR count). The third-order valence-electron chi connectivity index (χ3n) is 4.60. The first-order valence-corrected chi connectivity index (χ1v) is 11.4. The van der Waals surface area contributed by atoms with Crippen LogP contribution in [0.15, 0.2) is 54.6 Å². The van der Waals surface area contributed by atoms with Crippen molar-refractivity contribution >= 4 is 27.3 Å². The Labute approximate surface area is 156 Å². The molecule has 0 radical (unpaired) electrons. The maximum atomic E-state index is 2.35. The molecule has 0 fully saturated rings. The molecule has 3 aromatic carbocycles. The molecule has 0 aliphatic rings. The van der Waals surface area contributed by atoms with Crippen LogP contribution in [0.25, 0.3) is 0 Å². The summed E-state index contributed by atoms with van der Waals surface area (Å²) in [5.41, 5.74) is 8.46. The summed E-state index contributed by atoms with van der Waals surface area (Å²) in [6, 6.07) is 20.5. The third kappa shape index (κ3) is 3.59. The van der Waals surface area contributed by atoms with Gasteiger partial charge in [-0.2, -0.15) is 0 Å². The average Bonchev–Trinajstić information content (AvgIpc) is 2.52. The summed E-state index contributed by atoms with van der Waals surface area (Å²) in [6.07, 6.45) is 0. The Balaban J connectivity index is 2.34. The van der Waals surface area contributed by atoms with Gasteiger partial charge in [0.05, 0.1) is 0 Å². The van der Waals surface area contributed by atoms with E-state index in [0.717, 1.165) is 0 Å². The molecular formula is C24H27Se+. The van der Waals surface area contributed by atoms with Gasteiger partial charge in [0.1, 0.15) is 0 Å². The first-order chi connectivity index (χ1) is 11.9. The number of benzene rings is 3. The summed E-state index contributed by atoms with van der Waals surface area (Å²) in [7, 11) is 0. The summed E-state index contributed by atoms with van der Waals surface area (Å²) in [6.45, 7) is 13.5. The zero-order valence-corrected chi connectivity index (χ0v) is 17.8. The Kier molecular flexibility index (Phi) is 5.18. The normalized spacial score (nSPS) is 11.2. The van der Waals surface area contributed by atoms with Gasteiger partial charge in [-0.05, 0) is 0 Å². The summed E-state index contributed by atoms with van der Waals surface area (Å²) in [5, 5.41) is 0. The summed E-state index contributed by atoms with van der Waals surface area (Å²) < 4.78 is 4.64. The van der Waals surface area contributed by atoms with Crippen molar-refractivity contribution in [2.45, 2.75) is 41.5 Å². The first-order valence-electron chi connectivity index (χ1n) is 8.83. The van der Waals surface area contributed by atoms with E-state index in [-0.39, 0.29) is 0 Å². The van der Waals surface area contributed by atoms with Crippen molar-refractivity contribution < 1.29 is 0 Å². The second-order valence-corrected chi connectivity index (χ2v) is 11.1. The monoisotopic (exact) mass is 395 g/mol. The Morgan fingerprint density at radius 1 is 0.520 bits per heavy atom.